The Hall–Kier alpha value is -1.25. The second-order valence-electron chi connectivity index (χ2n) is 5.71. The Morgan fingerprint density at radius 3 is 2.92 bits per heavy atom. The number of guanidine groups is 1. The van der Waals surface area contributed by atoms with Gasteiger partial charge in [0.25, 0.3) is 0 Å². The largest absolute Gasteiger partial charge is 0.357 e. The molecule has 0 radical (unpaired) electrons. The summed E-state index contributed by atoms with van der Waals surface area (Å²) >= 11 is 2.02. The first-order chi connectivity index (χ1) is 11.4. The molecule has 0 aliphatic carbocycles. The molecule has 0 saturated carbocycles. The van der Waals surface area contributed by atoms with E-state index in [4.69, 9.17) is 5.14 Å². The van der Waals surface area contributed by atoms with Crippen molar-refractivity contribution >= 4 is 27.7 Å². The Kier molecular flexibility index (Phi) is 6.94. The van der Waals surface area contributed by atoms with E-state index < -0.39 is 10.0 Å². The zero-order valence-electron chi connectivity index (χ0n) is 14.2. The second-order valence-corrected chi connectivity index (χ2v) is 8.68. The summed E-state index contributed by atoms with van der Waals surface area (Å²) in [4.78, 5) is 7.10. The van der Waals surface area contributed by atoms with E-state index in [1.165, 1.54) is 6.07 Å². The molecule has 1 fully saturated rings. The van der Waals surface area contributed by atoms with Gasteiger partial charge in [-0.1, -0.05) is 19.1 Å². The zero-order valence-corrected chi connectivity index (χ0v) is 15.9. The molecule has 0 spiro atoms. The maximum absolute atomic E-state index is 11.5. The highest BCUT2D eigenvalue weighted by Crippen LogP contribution is 2.21. The van der Waals surface area contributed by atoms with Gasteiger partial charge in [-0.15, -0.1) is 0 Å². The molecule has 1 aromatic rings. The van der Waals surface area contributed by atoms with Gasteiger partial charge in [-0.2, -0.15) is 11.8 Å². The monoisotopic (exact) mass is 370 g/mol. The minimum atomic E-state index is -3.68. The Balaban J connectivity index is 2.13. The summed E-state index contributed by atoms with van der Waals surface area (Å²) in [6, 6.07) is 6.65. The summed E-state index contributed by atoms with van der Waals surface area (Å²) < 4.78 is 22.9. The fourth-order valence-electron chi connectivity index (χ4n) is 2.57. The first kappa shape index (κ1) is 19.1. The van der Waals surface area contributed by atoms with Crippen LogP contribution >= 0.6 is 11.8 Å². The second kappa shape index (κ2) is 8.73. The predicted octanol–water partition coefficient (Wildman–Crippen LogP) is 1.63. The molecule has 24 heavy (non-hydrogen) atoms. The van der Waals surface area contributed by atoms with Crippen LogP contribution < -0.4 is 10.5 Å². The van der Waals surface area contributed by atoms with Gasteiger partial charge in [-0.05, 0) is 31.0 Å². The molecule has 0 bridgehead atoms. The number of nitrogens with zero attached hydrogens (tertiary/aromatic N) is 2. The average molecular weight is 371 g/mol. The van der Waals surface area contributed by atoms with E-state index in [-0.39, 0.29) is 4.90 Å². The molecular weight excluding hydrogens is 344 g/mol. The SMILES string of the molecule is CCNC(=NCc1cccc(S(N)(=O)=O)c1)N1CCSC(CC)C1. The van der Waals surface area contributed by atoms with Crippen LogP contribution in [-0.4, -0.2) is 49.9 Å². The molecule has 1 saturated heterocycles. The van der Waals surface area contributed by atoms with Crippen LogP contribution in [0, 0.1) is 0 Å². The summed E-state index contributed by atoms with van der Waals surface area (Å²) in [6.07, 6.45) is 1.15. The van der Waals surface area contributed by atoms with E-state index in [2.05, 4.69) is 22.1 Å². The smallest absolute Gasteiger partial charge is 0.238 e. The lowest BCUT2D eigenvalue weighted by Gasteiger charge is -2.34. The molecule has 0 aromatic heterocycles. The van der Waals surface area contributed by atoms with Gasteiger partial charge >= 0.3 is 0 Å². The third-order valence-electron chi connectivity index (χ3n) is 3.87. The van der Waals surface area contributed by atoms with Crippen LogP contribution in [0.2, 0.25) is 0 Å². The predicted molar refractivity (Wildman–Crippen MR) is 101 cm³/mol. The first-order valence-corrected chi connectivity index (χ1v) is 10.8. The first-order valence-electron chi connectivity index (χ1n) is 8.20. The van der Waals surface area contributed by atoms with Crippen LogP contribution in [0.1, 0.15) is 25.8 Å². The lowest BCUT2D eigenvalue weighted by atomic mass is 10.2. The van der Waals surface area contributed by atoms with Gasteiger partial charge in [0.2, 0.25) is 10.0 Å². The number of thioether (sulfide) groups is 1. The van der Waals surface area contributed by atoms with Crippen molar-refractivity contribution in [2.75, 3.05) is 25.4 Å². The van der Waals surface area contributed by atoms with E-state index in [1.54, 1.807) is 12.1 Å². The van der Waals surface area contributed by atoms with Crippen molar-refractivity contribution in [1.82, 2.24) is 10.2 Å². The Bertz CT molecular complexity index is 676. The zero-order chi connectivity index (χ0) is 17.6. The maximum atomic E-state index is 11.5. The summed E-state index contributed by atoms with van der Waals surface area (Å²) in [5, 5.41) is 9.16. The molecule has 1 aliphatic heterocycles. The molecule has 2 rings (SSSR count). The quantitative estimate of drug-likeness (QED) is 0.607. The Morgan fingerprint density at radius 1 is 1.46 bits per heavy atom. The third kappa shape index (κ3) is 5.39. The molecular formula is C16H26N4O2S2. The average Bonchev–Trinajstić information content (AvgIpc) is 2.58. The molecule has 1 aliphatic rings. The number of hydrogen-bond donors (Lipinski definition) is 2. The highest BCUT2D eigenvalue weighted by molar-refractivity contribution is 8.00. The summed E-state index contributed by atoms with van der Waals surface area (Å²) in [5.41, 5.74) is 0.829. The molecule has 1 unspecified atom stereocenters. The van der Waals surface area contributed by atoms with E-state index in [0.29, 0.717) is 11.8 Å². The van der Waals surface area contributed by atoms with Crippen molar-refractivity contribution in [3.8, 4) is 0 Å². The number of aliphatic imine (C=N–C) groups is 1. The van der Waals surface area contributed by atoms with Crippen molar-refractivity contribution in [3.05, 3.63) is 29.8 Å². The van der Waals surface area contributed by atoms with E-state index >= 15 is 0 Å². The van der Waals surface area contributed by atoms with Crippen molar-refractivity contribution in [3.63, 3.8) is 0 Å². The Morgan fingerprint density at radius 2 is 2.25 bits per heavy atom. The molecule has 1 heterocycles. The van der Waals surface area contributed by atoms with Crippen LogP contribution in [-0.2, 0) is 16.6 Å². The normalized spacial score (nSPS) is 19.4. The van der Waals surface area contributed by atoms with Crippen LogP contribution in [0.25, 0.3) is 0 Å². The van der Waals surface area contributed by atoms with Gasteiger partial charge in [0.05, 0.1) is 11.4 Å². The van der Waals surface area contributed by atoms with Gasteiger partial charge in [0.1, 0.15) is 0 Å². The maximum Gasteiger partial charge on any atom is 0.238 e. The molecule has 134 valence electrons. The lowest BCUT2D eigenvalue weighted by Crippen LogP contribution is -2.48. The van der Waals surface area contributed by atoms with Crippen molar-refractivity contribution in [1.29, 1.82) is 0 Å². The van der Waals surface area contributed by atoms with E-state index in [1.807, 2.05) is 24.8 Å². The summed E-state index contributed by atoms with van der Waals surface area (Å²) in [7, 11) is -3.68. The number of sulfonamides is 1. The van der Waals surface area contributed by atoms with Crippen molar-refractivity contribution in [2.45, 2.75) is 37.0 Å². The summed E-state index contributed by atoms with van der Waals surface area (Å²) in [6.45, 7) is 7.45. The Labute approximate surface area is 149 Å². The molecule has 3 N–H and O–H groups in total. The molecule has 1 atom stereocenters. The van der Waals surface area contributed by atoms with Crippen LogP contribution in [0.3, 0.4) is 0 Å². The number of nitrogens with one attached hydrogen (secondary N) is 1. The van der Waals surface area contributed by atoms with Crippen LogP contribution in [0.5, 0.6) is 0 Å². The van der Waals surface area contributed by atoms with Crippen LogP contribution in [0.4, 0.5) is 0 Å². The number of hydrogen-bond acceptors (Lipinski definition) is 4. The molecule has 6 nitrogen and oxygen atoms in total. The fourth-order valence-corrected chi connectivity index (χ4v) is 4.34. The highest BCUT2D eigenvalue weighted by atomic mass is 32.2. The van der Waals surface area contributed by atoms with E-state index in [0.717, 1.165) is 43.3 Å². The number of primary sulfonamides is 1. The lowest BCUT2D eigenvalue weighted by molar-refractivity contribution is 0.408. The van der Waals surface area contributed by atoms with Gasteiger partial charge < -0.3 is 10.2 Å². The van der Waals surface area contributed by atoms with Gasteiger partial charge in [-0.25, -0.2) is 18.5 Å². The highest BCUT2D eigenvalue weighted by Gasteiger charge is 2.21. The number of nitrogens with two attached hydrogens (primary N) is 1. The van der Waals surface area contributed by atoms with Gasteiger partial charge in [-0.3, -0.25) is 0 Å². The van der Waals surface area contributed by atoms with Crippen molar-refractivity contribution < 1.29 is 8.42 Å². The fraction of sp³-hybridized carbons (Fsp3) is 0.562. The number of rotatable bonds is 5. The molecule has 8 heteroatoms. The van der Waals surface area contributed by atoms with E-state index in [9.17, 15) is 8.42 Å². The topological polar surface area (TPSA) is 87.8 Å². The summed E-state index contributed by atoms with van der Waals surface area (Å²) in [5.74, 6) is 1.99. The van der Waals surface area contributed by atoms with Gasteiger partial charge in [0, 0.05) is 30.6 Å². The molecule has 0 amide bonds. The minimum Gasteiger partial charge on any atom is -0.357 e. The van der Waals surface area contributed by atoms with Crippen molar-refractivity contribution in [2.24, 2.45) is 10.1 Å². The third-order valence-corrected chi connectivity index (χ3v) is 6.15. The van der Waals surface area contributed by atoms with Crippen LogP contribution in [0.15, 0.2) is 34.2 Å². The standard InChI is InChI=1S/C16H26N4O2S2/c1-3-14-12-20(8-9-23-14)16(18-4-2)19-11-13-6-5-7-15(10-13)24(17,21)22/h5-7,10,14H,3-4,8-9,11-12H2,1-2H3,(H,18,19)(H2,17,21,22). The molecule has 1 aromatic carbocycles. The van der Waals surface area contributed by atoms with Gasteiger partial charge in [0.15, 0.2) is 5.96 Å². The number of benzene rings is 1. The minimum absolute atomic E-state index is 0.126.